The van der Waals surface area contributed by atoms with E-state index in [-0.39, 0.29) is 90.2 Å². The van der Waals surface area contributed by atoms with Crippen LogP contribution in [-0.4, -0.2) is 306 Å². The Morgan fingerprint density at radius 3 is 1.08 bits per heavy atom. The number of carbonyl (C=O) groups excluding carboxylic acids is 9. The van der Waals surface area contributed by atoms with Crippen molar-refractivity contribution in [3.8, 4) is 0 Å². The minimum atomic E-state index is -1.47. The van der Waals surface area contributed by atoms with Gasteiger partial charge in [-0.1, -0.05) is 77.0 Å². The Kier molecular flexibility index (Phi) is 46.9. The summed E-state index contributed by atoms with van der Waals surface area (Å²) >= 11 is 0. The highest BCUT2D eigenvalue weighted by atomic mass is 16.7. The van der Waals surface area contributed by atoms with Crippen LogP contribution in [0.5, 0.6) is 0 Å². The zero-order valence-corrected chi connectivity index (χ0v) is 62.8. The third-order valence-corrected chi connectivity index (χ3v) is 19.1. The molecule has 4 heterocycles. The molecule has 20 atom stereocenters. The van der Waals surface area contributed by atoms with Gasteiger partial charge in [0.1, 0.15) is 91.2 Å². The number of unbranched alkanes of at least 4 members (excludes halogenated alkanes) is 16. The van der Waals surface area contributed by atoms with E-state index in [1.165, 1.54) is 27.9 Å². The summed E-state index contributed by atoms with van der Waals surface area (Å²) in [7, 11) is 1.54. The topological polar surface area (TPSA) is 538 Å². The highest BCUT2D eigenvalue weighted by Gasteiger charge is 2.48. The number of rotatable bonds is 55. The molecule has 9 amide bonds. The molecule has 0 spiro atoms. The predicted molar refractivity (Wildman–Crippen MR) is 381 cm³/mol. The van der Waals surface area contributed by atoms with Crippen LogP contribution in [0.25, 0.3) is 0 Å². The third-order valence-electron chi connectivity index (χ3n) is 19.1. The van der Waals surface area contributed by atoms with Crippen LogP contribution >= 0.6 is 0 Å². The lowest BCUT2D eigenvalue weighted by Gasteiger charge is -2.42. The lowest BCUT2D eigenvalue weighted by molar-refractivity contribution is -0.270. The van der Waals surface area contributed by atoms with Crippen molar-refractivity contribution >= 4 is 53.2 Å². The van der Waals surface area contributed by atoms with Gasteiger partial charge >= 0.3 is 0 Å². The molecule has 0 aliphatic carbocycles. The summed E-state index contributed by atoms with van der Waals surface area (Å²) in [4.78, 5) is 116. The molecule has 4 aliphatic rings. The van der Waals surface area contributed by atoms with E-state index in [0.717, 1.165) is 44.9 Å². The Morgan fingerprint density at radius 2 is 0.710 bits per heavy atom. The molecule has 36 nitrogen and oxygen atoms in total. The normalized spacial score (nSPS) is 27.6. The summed E-state index contributed by atoms with van der Waals surface area (Å²) in [6.07, 6.45) is -3.25. The molecule has 618 valence electrons. The summed E-state index contributed by atoms with van der Waals surface area (Å²) in [5.74, 6) is -4.06. The van der Waals surface area contributed by atoms with Crippen molar-refractivity contribution < 1.29 is 132 Å². The number of carbonyl (C=O) groups is 9. The van der Waals surface area contributed by atoms with Gasteiger partial charge < -0.3 is 137 Å². The molecule has 4 rings (SSSR count). The van der Waals surface area contributed by atoms with Crippen LogP contribution in [0.1, 0.15) is 194 Å². The second-order valence-electron chi connectivity index (χ2n) is 28.1. The maximum Gasteiger partial charge on any atom is 0.242 e. The van der Waals surface area contributed by atoms with E-state index in [4.69, 9.17) is 37.9 Å². The largest absolute Gasteiger partial charge is 0.394 e. The second-order valence-corrected chi connectivity index (χ2v) is 28.1. The highest BCUT2D eigenvalue weighted by molar-refractivity contribution is 5.90. The molecule has 16 unspecified atom stereocenters. The average Bonchev–Trinajstić information content (AvgIpc) is 1.57. The van der Waals surface area contributed by atoms with Gasteiger partial charge in [0.15, 0.2) is 18.9 Å². The fraction of sp³-hybridized carbons (Fsp3) is 0.873. The van der Waals surface area contributed by atoms with Gasteiger partial charge in [-0.25, -0.2) is 0 Å². The Labute approximate surface area is 627 Å². The number of ether oxygens (including phenoxy) is 8. The first-order valence-corrected chi connectivity index (χ1v) is 38.4. The molecular weight excluding hydrogens is 1410 g/mol. The Bertz CT molecular complexity index is 2590. The van der Waals surface area contributed by atoms with Crippen LogP contribution in [-0.2, 0) is 81.0 Å². The Morgan fingerprint density at radius 1 is 0.383 bits per heavy atom. The molecule has 0 aromatic heterocycles. The Hall–Kier alpha value is -5.49. The number of hydrogen-bond acceptors (Lipinski definition) is 27. The van der Waals surface area contributed by atoms with Gasteiger partial charge in [-0.15, -0.1) is 0 Å². The van der Waals surface area contributed by atoms with Gasteiger partial charge in [0.05, 0.1) is 38.6 Å². The molecule has 0 radical (unpaired) electrons. The van der Waals surface area contributed by atoms with Gasteiger partial charge in [-0.3, -0.25) is 43.2 Å². The number of aliphatic hydroxyl groups excluding tert-OH is 10. The molecular formula is C71H127N9O27. The highest BCUT2D eigenvalue weighted by Crippen LogP contribution is 2.27. The van der Waals surface area contributed by atoms with E-state index in [0.29, 0.717) is 103 Å². The first-order valence-electron chi connectivity index (χ1n) is 38.4. The third kappa shape index (κ3) is 36.0. The molecule has 4 fully saturated rings. The molecule has 0 aromatic rings. The van der Waals surface area contributed by atoms with Crippen LogP contribution in [0.3, 0.4) is 0 Å². The molecule has 19 N–H and O–H groups in total. The molecule has 4 aliphatic heterocycles. The predicted octanol–water partition coefficient (Wildman–Crippen LogP) is -3.39. The lowest BCUT2D eigenvalue weighted by atomic mass is 9.97. The first kappa shape index (κ1) is 93.9. The van der Waals surface area contributed by atoms with Gasteiger partial charge in [0, 0.05) is 106 Å². The van der Waals surface area contributed by atoms with Crippen molar-refractivity contribution in [2.24, 2.45) is 0 Å². The average molecular weight is 1540 g/mol. The maximum absolute atomic E-state index is 13.9. The van der Waals surface area contributed by atoms with Gasteiger partial charge in [-0.2, -0.15) is 0 Å². The first-order chi connectivity index (χ1) is 51.3. The van der Waals surface area contributed by atoms with Gasteiger partial charge in [-0.05, 0) is 64.2 Å². The monoisotopic (exact) mass is 1540 g/mol. The van der Waals surface area contributed by atoms with E-state index in [1.807, 2.05) is 0 Å². The van der Waals surface area contributed by atoms with Crippen LogP contribution in [0, 0.1) is 0 Å². The number of methoxy groups -OCH3 is 1. The van der Waals surface area contributed by atoms with Crippen molar-refractivity contribution in [3.63, 3.8) is 0 Å². The summed E-state index contributed by atoms with van der Waals surface area (Å²) in [5.41, 5.74) is 0. The van der Waals surface area contributed by atoms with Gasteiger partial charge in [0.25, 0.3) is 0 Å². The van der Waals surface area contributed by atoms with Gasteiger partial charge in [0.2, 0.25) is 53.2 Å². The number of amides is 9. The Balaban J connectivity index is 1.30. The molecule has 4 saturated heterocycles. The van der Waals surface area contributed by atoms with Crippen molar-refractivity contribution in [1.29, 1.82) is 0 Å². The molecule has 107 heavy (non-hydrogen) atoms. The van der Waals surface area contributed by atoms with Crippen LogP contribution in [0.4, 0.5) is 0 Å². The molecule has 0 bridgehead atoms. The number of hydrogen-bond donors (Lipinski definition) is 19. The molecule has 0 saturated carbocycles. The quantitative estimate of drug-likeness (QED) is 0.0264. The van der Waals surface area contributed by atoms with Crippen molar-refractivity contribution in [3.05, 3.63) is 0 Å². The van der Waals surface area contributed by atoms with Crippen LogP contribution in [0.2, 0.25) is 0 Å². The lowest BCUT2D eigenvalue weighted by Crippen LogP contribution is -2.64. The van der Waals surface area contributed by atoms with Crippen molar-refractivity contribution in [2.45, 2.75) is 316 Å². The minimum absolute atomic E-state index is 0.0713. The van der Waals surface area contributed by atoms with E-state index in [1.54, 1.807) is 0 Å². The second kappa shape index (κ2) is 53.4. The standard InChI is InChI=1S/C71H127N9O27/c1-43(84)76-58-64(95)61(92)50(39-81)105-69(58)101-34-22-14-11-19-31-72-55(89)29-27-47(67(98)73-32-20-12-15-23-35-102-70-59(77-44(2)85)65(96)62(93)51(40-82)106-70)80-57(91)30-28-48(68(99)74-33-21-13-16-24-36-103-71-60(78-45(3)86)66(97)63(94)52(41-83)107-71)79-56(90)26-18-10-8-6-5-7-9-17-25-54(88)75-38-46-37-49(87)53(104-46)42-100-4/h46-53,58-66,69-71,81-83,87,92-97H,5-42H2,1-4H3,(H,72,89)(H,73,98)(H,74,99)(H,75,88)(H,76,84)(H,77,85)(H,78,86)(H,79,90)(H,80,91)/t46-,47?,48?,49-,50+,51?,52?,53+,58?,59?,60?,61?,62?,63?,64?,65?,66?,69?,70?,71?/m0/s1. The minimum Gasteiger partial charge on any atom is -0.394 e. The number of aliphatic hydroxyl groups is 10. The fourth-order valence-corrected chi connectivity index (χ4v) is 13.0. The zero-order chi connectivity index (χ0) is 78.6. The van der Waals surface area contributed by atoms with Crippen LogP contribution < -0.4 is 47.9 Å². The summed E-state index contributed by atoms with van der Waals surface area (Å²) < 4.78 is 45.1. The van der Waals surface area contributed by atoms with E-state index >= 15 is 0 Å². The van der Waals surface area contributed by atoms with Crippen molar-refractivity contribution in [1.82, 2.24) is 47.9 Å². The summed E-state index contributed by atoms with van der Waals surface area (Å²) in [6.45, 7) is 3.64. The molecule has 36 heteroatoms. The maximum atomic E-state index is 13.9. The smallest absolute Gasteiger partial charge is 0.242 e. The van der Waals surface area contributed by atoms with E-state index < -0.39 is 183 Å². The zero-order valence-electron chi connectivity index (χ0n) is 62.8. The summed E-state index contributed by atoms with van der Waals surface area (Å²) in [5, 5.41) is 126. The molecule has 0 aromatic carbocycles. The fourth-order valence-electron chi connectivity index (χ4n) is 13.0. The number of nitrogens with one attached hydrogen (secondary N) is 9. The SMILES string of the molecule is COC[C@H]1O[C@H](CNC(=O)CCCCCCCCCCC(=O)NC(CCC(=O)NC(CCC(=O)NCCCCCCOC2O[C@H](CO)C(O)C(O)C2NC(C)=O)C(=O)NCCCCCCOC2OC(CO)C(O)C(O)C2NC(C)=O)C(=O)NCCCCCCOC2OC(CO)C(O)C(O)C2NC(C)=O)C[C@@H]1O. The van der Waals surface area contributed by atoms with E-state index in [2.05, 4.69) is 47.9 Å². The van der Waals surface area contributed by atoms with Crippen LogP contribution in [0.15, 0.2) is 0 Å². The van der Waals surface area contributed by atoms with E-state index in [9.17, 15) is 94.2 Å². The van der Waals surface area contributed by atoms with Crippen molar-refractivity contribution in [2.75, 3.05) is 79.5 Å². The summed E-state index contributed by atoms with van der Waals surface area (Å²) in [6, 6.07) is -5.60.